The van der Waals surface area contributed by atoms with Gasteiger partial charge in [0.15, 0.2) is 23.2 Å². The van der Waals surface area contributed by atoms with Gasteiger partial charge in [0.05, 0.1) is 23.5 Å². The Morgan fingerprint density at radius 1 is 1.00 bits per heavy atom. The fourth-order valence-corrected chi connectivity index (χ4v) is 8.73. The van der Waals surface area contributed by atoms with Crippen LogP contribution in [-0.2, 0) is 22.7 Å². The van der Waals surface area contributed by atoms with E-state index in [0.29, 0.717) is 68.5 Å². The lowest BCUT2D eigenvalue weighted by molar-refractivity contribution is -0.136. The molecule has 17 heteroatoms. The Kier molecular flexibility index (Phi) is 9.13. The van der Waals surface area contributed by atoms with Gasteiger partial charge in [-0.15, -0.1) is 10.2 Å². The molecule has 0 aliphatic carbocycles. The van der Waals surface area contributed by atoms with Gasteiger partial charge in [0, 0.05) is 81.2 Å². The highest BCUT2D eigenvalue weighted by Gasteiger charge is 2.50. The Bertz CT molecular complexity index is 2310. The number of aromatic nitrogens is 3. The molecule has 2 aromatic heterocycles. The van der Waals surface area contributed by atoms with Crippen molar-refractivity contribution >= 4 is 34.9 Å². The van der Waals surface area contributed by atoms with Crippen LogP contribution in [0.3, 0.4) is 0 Å². The number of pyridine rings is 1. The molecular weight excluding hydrogens is 743 g/mol. The number of hydrogen-bond acceptors (Lipinski definition) is 12. The van der Waals surface area contributed by atoms with Gasteiger partial charge in [-0.25, -0.2) is 18.2 Å². The first-order valence-corrected chi connectivity index (χ1v) is 19.0. The fraction of sp³-hybridized carbons (Fsp3) is 0.400. The van der Waals surface area contributed by atoms with Gasteiger partial charge in [-0.2, -0.15) is 0 Å². The van der Waals surface area contributed by atoms with Crippen molar-refractivity contribution < 1.29 is 37.4 Å². The monoisotopic (exact) mass is 783 g/mol. The van der Waals surface area contributed by atoms with Crippen LogP contribution >= 0.6 is 0 Å². The molecule has 3 N–H and O–H groups in total. The number of alkyl halides is 1. The fourth-order valence-electron chi connectivity index (χ4n) is 8.73. The van der Waals surface area contributed by atoms with Gasteiger partial charge in [0.25, 0.3) is 11.8 Å². The Balaban J connectivity index is 0.835. The number of piperazine rings is 1. The number of phenolic OH excluding ortho intramolecular Hbond substituents is 1. The number of amides is 3. The Morgan fingerprint density at radius 2 is 1.82 bits per heavy atom. The second kappa shape index (κ2) is 14.2. The van der Waals surface area contributed by atoms with Crippen LogP contribution in [0.1, 0.15) is 46.4 Å². The summed E-state index contributed by atoms with van der Waals surface area (Å²) in [5.74, 6) is -2.69. The molecule has 14 nitrogen and oxygen atoms in total. The Morgan fingerprint density at radius 3 is 2.61 bits per heavy atom. The smallest absolute Gasteiger partial charge is 0.255 e. The molecule has 57 heavy (non-hydrogen) atoms. The number of benzene rings is 2. The molecule has 0 saturated carbocycles. The number of halogens is 3. The number of imide groups is 1. The maximum Gasteiger partial charge on any atom is 0.255 e. The largest absolute Gasteiger partial charge is 0.504 e. The minimum Gasteiger partial charge on any atom is -0.504 e. The average molecular weight is 784 g/mol. The number of phenols is 1. The van der Waals surface area contributed by atoms with Crippen LogP contribution in [0.15, 0.2) is 48.5 Å². The van der Waals surface area contributed by atoms with Crippen LogP contribution in [0.2, 0.25) is 0 Å². The number of ether oxygens (including phenoxy) is 1. The number of carbonyl (C=O) groups is 3. The number of rotatable bonds is 8. The number of fused-ring (bicyclic) bond motifs is 4. The van der Waals surface area contributed by atoms with E-state index in [1.165, 1.54) is 18.2 Å². The third kappa shape index (κ3) is 6.52. The molecule has 3 atom stereocenters. The van der Waals surface area contributed by atoms with Crippen LogP contribution in [-0.4, -0.2) is 111 Å². The summed E-state index contributed by atoms with van der Waals surface area (Å²) in [6.45, 7) is 5.05. The van der Waals surface area contributed by atoms with E-state index in [-0.39, 0.29) is 54.9 Å². The molecule has 3 fully saturated rings. The first kappa shape index (κ1) is 36.7. The van der Waals surface area contributed by atoms with Gasteiger partial charge in [-0.1, -0.05) is 12.1 Å². The Hall–Kier alpha value is -5.97. The van der Waals surface area contributed by atoms with Gasteiger partial charge >= 0.3 is 0 Å². The number of piperidine rings is 1. The SMILES string of the molecule is Cc1nc(OC2CN3c4cc(-c5cccc(F)c5O)nnc4NCC3(CF)C2)c(F)cc1CN1CCN(c2ccc3c(c2)C(=O)N(C2CCC(=O)NC2=O)C3)CC1. The van der Waals surface area contributed by atoms with Crippen molar-refractivity contribution in [2.45, 2.75) is 57.0 Å². The van der Waals surface area contributed by atoms with Crippen molar-refractivity contribution in [3.05, 3.63) is 82.5 Å². The Labute approximate surface area is 325 Å². The summed E-state index contributed by atoms with van der Waals surface area (Å²) in [7, 11) is 0. The predicted octanol–water partition coefficient (Wildman–Crippen LogP) is 3.71. The highest BCUT2D eigenvalue weighted by Crippen LogP contribution is 2.44. The number of nitrogens with one attached hydrogen (secondary N) is 2. The van der Waals surface area contributed by atoms with Gasteiger partial charge < -0.3 is 29.9 Å². The van der Waals surface area contributed by atoms with Crippen molar-refractivity contribution in [1.29, 1.82) is 0 Å². The number of aromatic hydroxyl groups is 1. The van der Waals surface area contributed by atoms with Gasteiger partial charge in [0.2, 0.25) is 11.8 Å². The first-order chi connectivity index (χ1) is 27.5. The van der Waals surface area contributed by atoms with Crippen molar-refractivity contribution in [2.75, 3.05) is 61.1 Å². The lowest BCUT2D eigenvalue weighted by atomic mass is 9.94. The third-order valence-corrected chi connectivity index (χ3v) is 11.9. The standard InChI is InChI=1S/C40H40F3N9O5/c1-22-24(17-49-9-11-50(12-10-49)25-6-5-23-18-51(39(56)28(23)14-25)32-7-8-34(53)46-37(32)55)13-30(43)38(45-22)57-26-16-40(20-41)21-44-36-33(52(40)19-26)15-31(47-48-36)27-3-2-4-29(42)35(27)54/h2-6,13-15,26,32,54H,7-12,16-21H2,1H3,(H,44,48)(H,46,53,55). The molecule has 3 saturated heterocycles. The number of aryl methyl sites for hydroxylation is 1. The molecule has 0 bridgehead atoms. The van der Waals surface area contributed by atoms with Gasteiger partial charge in [0.1, 0.15) is 18.8 Å². The zero-order valence-electron chi connectivity index (χ0n) is 31.1. The maximum absolute atomic E-state index is 15.7. The molecule has 2 aromatic carbocycles. The summed E-state index contributed by atoms with van der Waals surface area (Å²) in [6, 6.07) is 12.3. The molecule has 0 radical (unpaired) electrons. The maximum atomic E-state index is 15.7. The molecule has 4 aromatic rings. The van der Waals surface area contributed by atoms with Crippen LogP contribution in [0, 0.1) is 18.6 Å². The minimum absolute atomic E-state index is 0.149. The van der Waals surface area contributed by atoms with E-state index in [4.69, 9.17) is 4.74 Å². The summed E-state index contributed by atoms with van der Waals surface area (Å²) >= 11 is 0. The van der Waals surface area contributed by atoms with Crippen LogP contribution in [0.5, 0.6) is 11.6 Å². The summed E-state index contributed by atoms with van der Waals surface area (Å²) < 4.78 is 50.8. The highest BCUT2D eigenvalue weighted by molar-refractivity contribution is 6.05. The molecule has 3 amide bonds. The van der Waals surface area contributed by atoms with Crippen LogP contribution in [0.25, 0.3) is 11.3 Å². The number of carbonyl (C=O) groups excluding carboxylic acids is 3. The third-order valence-electron chi connectivity index (χ3n) is 11.9. The topological polar surface area (TPSA) is 156 Å². The lowest BCUT2D eigenvalue weighted by Gasteiger charge is -2.42. The molecule has 0 spiro atoms. The minimum atomic E-state index is -1.01. The number of para-hydroxylation sites is 1. The molecular formula is C40H40F3N9O5. The lowest BCUT2D eigenvalue weighted by Crippen LogP contribution is -2.54. The van der Waals surface area contributed by atoms with Crippen molar-refractivity contribution in [3.63, 3.8) is 0 Å². The average Bonchev–Trinajstić information content (AvgIpc) is 3.75. The van der Waals surface area contributed by atoms with Crippen LogP contribution in [0.4, 0.5) is 30.4 Å². The summed E-state index contributed by atoms with van der Waals surface area (Å²) in [5.41, 5.74) is 3.53. The van der Waals surface area contributed by atoms with Crippen molar-refractivity contribution in [3.8, 4) is 22.9 Å². The normalized spacial score (nSPS) is 23.2. The van der Waals surface area contributed by atoms with E-state index >= 15 is 4.39 Å². The van der Waals surface area contributed by atoms with Crippen molar-refractivity contribution in [2.24, 2.45) is 0 Å². The number of nitrogens with zero attached hydrogens (tertiary/aromatic N) is 7. The molecule has 3 unspecified atom stereocenters. The quantitative estimate of drug-likeness (QED) is 0.223. The number of anilines is 3. The summed E-state index contributed by atoms with van der Waals surface area (Å²) in [6.07, 6.45) is 0.146. The highest BCUT2D eigenvalue weighted by atomic mass is 19.1. The number of hydrogen-bond donors (Lipinski definition) is 3. The molecule has 5 aliphatic rings. The van der Waals surface area contributed by atoms with Gasteiger partial charge in [-0.3, -0.25) is 24.6 Å². The van der Waals surface area contributed by atoms with Crippen molar-refractivity contribution in [1.82, 2.24) is 30.3 Å². The summed E-state index contributed by atoms with van der Waals surface area (Å²) in [4.78, 5) is 49.7. The van der Waals surface area contributed by atoms with E-state index in [9.17, 15) is 28.3 Å². The first-order valence-electron chi connectivity index (χ1n) is 19.0. The zero-order chi connectivity index (χ0) is 39.6. The molecule has 296 valence electrons. The second-order valence-electron chi connectivity index (χ2n) is 15.4. The molecule has 9 rings (SSSR count). The zero-order valence-corrected chi connectivity index (χ0v) is 31.1. The summed E-state index contributed by atoms with van der Waals surface area (Å²) in [5, 5.41) is 24.2. The predicted molar refractivity (Wildman–Crippen MR) is 202 cm³/mol. The second-order valence-corrected chi connectivity index (χ2v) is 15.4. The molecule has 5 aliphatic heterocycles. The molecule has 7 heterocycles. The van der Waals surface area contributed by atoms with E-state index in [1.807, 2.05) is 23.1 Å². The van der Waals surface area contributed by atoms with Gasteiger partial charge in [-0.05, 0) is 60.9 Å². The van der Waals surface area contributed by atoms with E-state index in [1.54, 1.807) is 17.9 Å². The van der Waals surface area contributed by atoms with Crippen LogP contribution < -0.4 is 25.2 Å². The van der Waals surface area contributed by atoms with E-state index in [2.05, 4.69) is 35.6 Å². The van der Waals surface area contributed by atoms with E-state index in [0.717, 1.165) is 22.9 Å². The van der Waals surface area contributed by atoms with E-state index < -0.39 is 47.7 Å².